The lowest BCUT2D eigenvalue weighted by Crippen LogP contribution is -2.04. The second-order valence-corrected chi connectivity index (χ2v) is 4.57. The first-order chi connectivity index (χ1) is 9.06. The van der Waals surface area contributed by atoms with E-state index in [4.69, 9.17) is 27.9 Å². The van der Waals surface area contributed by atoms with Gasteiger partial charge in [0.25, 0.3) is 0 Å². The molecule has 0 bridgehead atoms. The molecule has 2 aromatic rings. The summed E-state index contributed by atoms with van der Waals surface area (Å²) in [6.45, 7) is 0. The Morgan fingerprint density at radius 1 is 1.11 bits per heavy atom. The largest absolute Gasteiger partial charge is 0.507 e. The normalized spacial score (nSPS) is 10.3. The number of carbonyl (C=O) groups excluding carboxylic acids is 1. The Bertz CT molecular complexity index is 639. The standard InChI is InChI=1S/C14H10Cl2O3/c1-19-14-9(6-7-10(15)12(14)16)13(18)8-4-2-3-5-11(8)17/h2-7,17H,1H3. The number of methoxy groups -OCH3 is 1. The number of hydrogen-bond donors (Lipinski definition) is 1. The molecule has 0 heterocycles. The summed E-state index contributed by atoms with van der Waals surface area (Å²) in [5.41, 5.74) is 0.428. The van der Waals surface area contributed by atoms with Gasteiger partial charge in [-0.25, -0.2) is 0 Å². The third-order valence-electron chi connectivity index (χ3n) is 2.65. The number of carbonyl (C=O) groups is 1. The van der Waals surface area contributed by atoms with Gasteiger partial charge in [-0.3, -0.25) is 4.79 Å². The van der Waals surface area contributed by atoms with Gasteiger partial charge in [-0.1, -0.05) is 35.3 Å². The number of phenols is 1. The minimum absolute atomic E-state index is 0.0966. The van der Waals surface area contributed by atoms with Gasteiger partial charge in [0.05, 0.1) is 23.3 Å². The van der Waals surface area contributed by atoms with Crippen LogP contribution in [0.25, 0.3) is 0 Å². The molecule has 0 radical (unpaired) electrons. The number of phenolic OH excluding ortho intramolecular Hbond substituents is 1. The molecule has 0 spiro atoms. The number of ether oxygens (including phenoxy) is 1. The highest BCUT2D eigenvalue weighted by atomic mass is 35.5. The van der Waals surface area contributed by atoms with E-state index in [1.165, 1.54) is 31.4 Å². The van der Waals surface area contributed by atoms with Gasteiger partial charge < -0.3 is 9.84 Å². The van der Waals surface area contributed by atoms with Gasteiger partial charge in [-0.05, 0) is 24.3 Å². The number of rotatable bonds is 3. The first-order valence-corrected chi connectivity index (χ1v) is 6.16. The molecule has 2 aromatic carbocycles. The lowest BCUT2D eigenvalue weighted by atomic mass is 10.0. The zero-order valence-electron chi connectivity index (χ0n) is 9.98. The number of para-hydroxylation sites is 1. The zero-order valence-corrected chi connectivity index (χ0v) is 11.5. The maximum Gasteiger partial charge on any atom is 0.200 e. The smallest absolute Gasteiger partial charge is 0.200 e. The van der Waals surface area contributed by atoms with E-state index in [0.717, 1.165) is 0 Å². The molecule has 0 saturated heterocycles. The monoisotopic (exact) mass is 296 g/mol. The first kappa shape index (κ1) is 13.7. The molecule has 0 aliphatic rings. The Kier molecular flexibility index (Phi) is 3.98. The number of ketones is 1. The van der Waals surface area contributed by atoms with E-state index in [0.29, 0.717) is 5.02 Å². The summed E-state index contributed by atoms with van der Waals surface area (Å²) < 4.78 is 5.12. The van der Waals surface area contributed by atoms with E-state index < -0.39 is 0 Å². The molecular weight excluding hydrogens is 287 g/mol. The van der Waals surface area contributed by atoms with Crippen LogP contribution in [-0.2, 0) is 0 Å². The molecule has 98 valence electrons. The van der Waals surface area contributed by atoms with Crippen molar-refractivity contribution in [2.45, 2.75) is 0 Å². The fourth-order valence-corrected chi connectivity index (χ4v) is 2.11. The van der Waals surface area contributed by atoms with Gasteiger partial charge in [0, 0.05) is 0 Å². The zero-order chi connectivity index (χ0) is 14.0. The van der Waals surface area contributed by atoms with E-state index in [-0.39, 0.29) is 33.4 Å². The van der Waals surface area contributed by atoms with E-state index in [2.05, 4.69) is 0 Å². The van der Waals surface area contributed by atoms with Crippen LogP contribution < -0.4 is 4.74 Å². The van der Waals surface area contributed by atoms with Crippen molar-refractivity contribution in [2.75, 3.05) is 7.11 Å². The van der Waals surface area contributed by atoms with Crippen molar-refractivity contribution in [3.8, 4) is 11.5 Å². The van der Waals surface area contributed by atoms with Crippen LogP contribution in [0.1, 0.15) is 15.9 Å². The molecule has 0 amide bonds. The summed E-state index contributed by atoms with van der Waals surface area (Å²) in [6, 6.07) is 9.30. The molecule has 2 rings (SSSR count). The van der Waals surface area contributed by atoms with Crippen molar-refractivity contribution in [2.24, 2.45) is 0 Å². The summed E-state index contributed by atoms with van der Waals surface area (Å²) in [7, 11) is 1.40. The van der Waals surface area contributed by atoms with Crippen LogP contribution >= 0.6 is 23.2 Å². The Hall–Kier alpha value is -1.71. The third kappa shape index (κ3) is 2.53. The molecular formula is C14H10Cl2O3. The maximum absolute atomic E-state index is 12.4. The minimum Gasteiger partial charge on any atom is -0.507 e. The van der Waals surface area contributed by atoms with Gasteiger partial charge in [0.2, 0.25) is 5.78 Å². The van der Waals surface area contributed by atoms with Crippen LogP contribution in [0.4, 0.5) is 0 Å². The average Bonchev–Trinajstić information content (AvgIpc) is 2.41. The molecule has 1 N–H and O–H groups in total. The van der Waals surface area contributed by atoms with Crippen LogP contribution in [0, 0.1) is 0 Å². The molecule has 0 saturated carbocycles. The van der Waals surface area contributed by atoms with Gasteiger partial charge >= 0.3 is 0 Å². The summed E-state index contributed by atoms with van der Waals surface area (Å²) in [6.07, 6.45) is 0. The highest BCUT2D eigenvalue weighted by molar-refractivity contribution is 6.43. The second-order valence-electron chi connectivity index (χ2n) is 3.79. The molecule has 5 heteroatoms. The SMILES string of the molecule is COc1c(C(=O)c2ccccc2O)ccc(Cl)c1Cl. The predicted molar refractivity (Wildman–Crippen MR) is 74.6 cm³/mol. The molecule has 0 unspecified atom stereocenters. The Morgan fingerprint density at radius 2 is 1.79 bits per heavy atom. The van der Waals surface area contributed by atoms with Crippen LogP contribution in [0.3, 0.4) is 0 Å². The second kappa shape index (κ2) is 5.51. The van der Waals surface area contributed by atoms with Crippen molar-refractivity contribution in [1.29, 1.82) is 0 Å². The van der Waals surface area contributed by atoms with Crippen molar-refractivity contribution >= 4 is 29.0 Å². The van der Waals surface area contributed by atoms with Crippen LogP contribution in [0.15, 0.2) is 36.4 Å². The number of benzene rings is 2. The average molecular weight is 297 g/mol. The van der Waals surface area contributed by atoms with E-state index >= 15 is 0 Å². The van der Waals surface area contributed by atoms with Gasteiger partial charge in [0.1, 0.15) is 16.5 Å². The van der Waals surface area contributed by atoms with E-state index in [1.807, 2.05) is 0 Å². The quantitative estimate of drug-likeness (QED) is 0.873. The van der Waals surface area contributed by atoms with Crippen LogP contribution in [0.5, 0.6) is 11.5 Å². The van der Waals surface area contributed by atoms with Gasteiger partial charge in [-0.2, -0.15) is 0 Å². The van der Waals surface area contributed by atoms with Gasteiger partial charge in [-0.15, -0.1) is 0 Å². The van der Waals surface area contributed by atoms with E-state index in [9.17, 15) is 9.90 Å². The number of hydrogen-bond acceptors (Lipinski definition) is 3. The first-order valence-electron chi connectivity index (χ1n) is 5.41. The fourth-order valence-electron chi connectivity index (χ4n) is 1.72. The fraction of sp³-hybridized carbons (Fsp3) is 0.0714. The van der Waals surface area contributed by atoms with Crippen molar-refractivity contribution in [3.05, 3.63) is 57.6 Å². The Labute approximate surface area is 120 Å². The molecule has 0 fully saturated rings. The Balaban J connectivity index is 2.57. The molecule has 19 heavy (non-hydrogen) atoms. The molecule has 0 aromatic heterocycles. The highest BCUT2D eigenvalue weighted by Crippen LogP contribution is 2.36. The molecule has 0 atom stereocenters. The predicted octanol–water partition coefficient (Wildman–Crippen LogP) is 3.94. The minimum atomic E-state index is -0.381. The number of halogens is 2. The third-order valence-corrected chi connectivity index (χ3v) is 3.43. The molecule has 3 nitrogen and oxygen atoms in total. The highest BCUT2D eigenvalue weighted by Gasteiger charge is 2.20. The summed E-state index contributed by atoms with van der Waals surface area (Å²) >= 11 is 11.9. The van der Waals surface area contributed by atoms with Crippen LogP contribution in [0.2, 0.25) is 10.0 Å². The summed E-state index contributed by atoms with van der Waals surface area (Å²) in [5.74, 6) is -0.281. The van der Waals surface area contributed by atoms with Crippen LogP contribution in [-0.4, -0.2) is 18.0 Å². The summed E-state index contributed by atoms with van der Waals surface area (Å²) in [4.78, 5) is 12.4. The maximum atomic E-state index is 12.4. The lowest BCUT2D eigenvalue weighted by Gasteiger charge is -2.11. The summed E-state index contributed by atoms with van der Waals surface area (Å²) in [5, 5.41) is 10.2. The lowest BCUT2D eigenvalue weighted by molar-refractivity contribution is 0.103. The van der Waals surface area contributed by atoms with Crippen molar-refractivity contribution in [3.63, 3.8) is 0 Å². The van der Waals surface area contributed by atoms with Crippen molar-refractivity contribution < 1.29 is 14.6 Å². The molecule has 0 aliphatic carbocycles. The van der Waals surface area contributed by atoms with Crippen molar-refractivity contribution in [1.82, 2.24) is 0 Å². The van der Waals surface area contributed by atoms with E-state index in [1.54, 1.807) is 12.1 Å². The molecule has 0 aliphatic heterocycles. The number of aromatic hydroxyl groups is 1. The van der Waals surface area contributed by atoms with Gasteiger partial charge in [0.15, 0.2) is 0 Å². The topological polar surface area (TPSA) is 46.5 Å². The Morgan fingerprint density at radius 3 is 2.42 bits per heavy atom.